The summed E-state index contributed by atoms with van der Waals surface area (Å²) in [7, 11) is 1.32. The van der Waals surface area contributed by atoms with E-state index in [-0.39, 0.29) is 12.6 Å². The van der Waals surface area contributed by atoms with Crippen LogP contribution in [0.2, 0.25) is 0 Å². The van der Waals surface area contributed by atoms with Gasteiger partial charge in [0, 0.05) is 6.42 Å². The second-order valence-electron chi connectivity index (χ2n) is 11.6. The molecule has 41 heavy (non-hydrogen) atoms. The molecule has 216 valence electrons. The predicted octanol–water partition coefficient (Wildman–Crippen LogP) is 6.23. The monoisotopic (exact) mass is 559 g/mol. The molecule has 0 N–H and O–H groups in total. The lowest BCUT2D eigenvalue weighted by Gasteiger charge is -2.37. The summed E-state index contributed by atoms with van der Waals surface area (Å²) in [6, 6.07) is 17.2. The summed E-state index contributed by atoms with van der Waals surface area (Å²) in [6.45, 7) is 10.6. The molecule has 2 atom stereocenters. The zero-order valence-electron chi connectivity index (χ0n) is 24.5. The first-order chi connectivity index (χ1) is 19.5. The number of carbonyl (C=O) groups is 2. The second kappa shape index (κ2) is 11.4. The van der Waals surface area contributed by atoms with E-state index in [1.54, 1.807) is 20.8 Å². The van der Waals surface area contributed by atoms with Gasteiger partial charge in [0.2, 0.25) is 0 Å². The molecule has 0 bridgehead atoms. The summed E-state index contributed by atoms with van der Waals surface area (Å²) < 4.78 is 29.0. The van der Waals surface area contributed by atoms with Crippen molar-refractivity contribution in [2.75, 3.05) is 13.7 Å². The van der Waals surface area contributed by atoms with E-state index in [1.165, 1.54) is 23.1 Å². The number of esters is 1. The molecule has 1 unspecified atom stereocenters. The lowest BCUT2D eigenvalue weighted by atomic mass is 9.93. The van der Waals surface area contributed by atoms with E-state index in [2.05, 4.69) is 32.0 Å². The summed E-state index contributed by atoms with van der Waals surface area (Å²) in [5.41, 5.74) is 5.69. The SMILES string of the molecule is COC(=O)[C@@H]1Cc2cc3c(cc2CN1C(=O)OC(C)(C)C)OC(c1ccc(OCc2ccc(C)c(C)c2)cc1)CO3. The fraction of sp³-hybridized carbons (Fsp3) is 0.394. The van der Waals surface area contributed by atoms with Gasteiger partial charge in [-0.2, -0.15) is 0 Å². The van der Waals surface area contributed by atoms with Gasteiger partial charge < -0.3 is 23.7 Å². The number of amides is 1. The molecule has 0 saturated heterocycles. The summed E-state index contributed by atoms with van der Waals surface area (Å²) in [4.78, 5) is 27.0. The lowest BCUT2D eigenvalue weighted by molar-refractivity contribution is -0.147. The highest BCUT2D eigenvalue weighted by molar-refractivity contribution is 5.82. The maximum absolute atomic E-state index is 13.0. The van der Waals surface area contributed by atoms with E-state index < -0.39 is 23.7 Å². The van der Waals surface area contributed by atoms with Crippen LogP contribution < -0.4 is 14.2 Å². The molecule has 1 amide bonds. The minimum absolute atomic E-state index is 0.192. The summed E-state index contributed by atoms with van der Waals surface area (Å²) in [5.74, 6) is 1.50. The Morgan fingerprint density at radius 1 is 0.951 bits per heavy atom. The van der Waals surface area contributed by atoms with Gasteiger partial charge in [0.05, 0.1) is 13.7 Å². The minimum Gasteiger partial charge on any atom is -0.489 e. The van der Waals surface area contributed by atoms with Crippen LogP contribution in [0, 0.1) is 13.8 Å². The van der Waals surface area contributed by atoms with Crippen molar-refractivity contribution in [3.63, 3.8) is 0 Å². The van der Waals surface area contributed by atoms with E-state index >= 15 is 0 Å². The number of fused-ring (bicyclic) bond motifs is 2. The molecule has 0 radical (unpaired) electrons. The zero-order chi connectivity index (χ0) is 29.3. The standard InChI is InChI=1S/C33H37NO7/c1-20-7-8-22(13-21(20)2)18-38-26-11-9-23(10-12-26)30-19-39-28-15-24-14-27(31(35)37-6)34(32(36)41-33(3,4)5)17-25(24)16-29(28)40-30/h7-13,15-16,27,30H,14,17-19H2,1-6H3/t27-,30?/m0/s1. The maximum atomic E-state index is 13.0. The molecule has 0 aromatic heterocycles. The summed E-state index contributed by atoms with van der Waals surface area (Å²) in [6.07, 6.45) is -0.570. The first-order valence-corrected chi connectivity index (χ1v) is 13.8. The Morgan fingerprint density at radius 3 is 2.37 bits per heavy atom. The Morgan fingerprint density at radius 2 is 1.68 bits per heavy atom. The molecular weight excluding hydrogens is 522 g/mol. The summed E-state index contributed by atoms with van der Waals surface area (Å²) >= 11 is 0. The molecule has 2 aliphatic heterocycles. The van der Waals surface area contributed by atoms with Crippen molar-refractivity contribution in [3.8, 4) is 17.2 Å². The molecule has 0 fully saturated rings. The lowest BCUT2D eigenvalue weighted by Crippen LogP contribution is -2.50. The predicted molar refractivity (Wildman–Crippen MR) is 153 cm³/mol. The molecule has 0 spiro atoms. The van der Waals surface area contributed by atoms with Crippen LogP contribution in [0.1, 0.15) is 60.3 Å². The van der Waals surface area contributed by atoms with Gasteiger partial charge in [-0.3, -0.25) is 4.90 Å². The fourth-order valence-electron chi connectivity index (χ4n) is 5.01. The van der Waals surface area contributed by atoms with Crippen LogP contribution in [0.4, 0.5) is 4.79 Å². The van der Waals surface area contributed by atoms with Gasteiger partial charge in [0.15, 0.2) is 17.6 Å². The topological polar surface area (TPSA) is 83.5 Å². The Labute approximate surface area is 241 Å². The van der Waals surface area contributed by atoms with Crippen molar-refractivity contribution in [1.29, 1.82) is 0 Å². The Kier molecular flexibility index (Phi) is 7.84. The molecule has 0 saturated carbocycles. The number of rotatable bonds is 5. The van der Waals surface area contributed by atoms with Crippen molar-refractivity contribution in [2.45, 2.75) is 71.9 Å². The van der Waals surface area contributed by atoms with Gasteiger partial charge >= 0.3 is 12.1 Å². The normalized spacial score (nSPS) is 17.9. The first-order valence-electron chi connectivity index (χ1n) is 13.8. The molecule has 8 nitrogen and oxygen atoms in total. The molecule has 2 heterocycles. The van der Waals surface area contributed by atoms with Crippen molar-refractivity contribution < 1.29 is 33.3 Å². The quantitative estimate of drug-likeness (QED) is 0.343. The van der Waals surface area contributed by atoms with Gasteiger partial charge in [-0.05, 0) is 92.3 Å². The van der Waals surface area contributed by atoms with Gasteiger partial charge in [-0.25, -0.2) is 9.59 Å². The van der Waals surface area contributed by atoms with Crippen molar-refractivity contribution >= 4 is 12.1 Å². The van der Waals surface area contributed by atoms with Crippen molar-refractivity contribution in [1.82, 2.24) is 4.90 Å². The summed E-state index contributed by atoms with van der Waals surface area (Å²) in [5, 5.41) is 0. The minimum atomic E-state index is -0.784. The number of benzene rings is 3. The van der Waals surface area contributed by atoms with Crippen LogP contribution >= 0.6 is 0 Å². The van der Waals surface area contributed by atoms with E-state index in [0.717, 1.165) is 28.0 Å². The highest BCUT2D eigenvalue weighted by Crippen LogP contribution is 2.41. The third kappa shape index (κ3) is 6.42. The van der Waals surface area contributed by atoms with Crippen molar-refractivity contribution in [2.24, 2.45) is 0 Å². The van der Waals surface area contributed by atoms with Crippen LogP contribution in [0.3, 0.4) is 0 Å². The van der Waals surface area contributed by atoms with Crippen LogP contribution in [-0.4, -0.2) is 42.3 Å². The number of aryl methyl sites for hydroxylation is 2. The van der Waals surface area contributed by atoms with E-state index in [9.17, 15) is 9.59 Å². The number of hydrogen-bond donors (Lipinski definition) is 0. The van der Waals surface area contributed by atoms with Crippen molar-refractivity contribution in [3.05, 3.63) is 88.0 Å². The van der Waals surface area contributed by atoms with E-state index in [0.29, 0.717) is 31.1 Å². The largest absolute Gasteiger partial charge is 0.489 e. The number of nitrogens with zero attached hydrogens (tertiary/aromatic N) is 1. The maximum Gasteiger partial charge on any atom is 0.411 e. The Bertz CT molecular complexity index is 1440. The van der Waals surface area contributed by atoms with Crippen LogP contribution in [0.15, 0.2) is 54.6 Å². The zero-order valence-corrected chi connectivity index (χ0v) is 24.5. The number of ether oxygens (including phenoxy) is 5. The van der Waals surface area contributed by atoms with Gasteiger partial charge in [-0.15, -0.1) is 0 Å². The fourth-order valence-corrected chi connectivity index (χ4v) is 5.01. The first kappa shape index (κ1) is 28.3. The third-order valence-corrected chi connectivity index (χ3v) is 7.39. The third-order valence-electron chi connectivity index (χ3n) is 7.39. The van der Waals surface area contributed by atoms with E-state index in [1.807, 2.05) is 36.4 Å². The Hall–Kier alpha value is -4.20. The van der Waals surface area contributed by atoms with Crippen LogP contribution in [0.5, 0.6) is 17.2 Å². The van der Waals surface area contributed by atoms with Gasteiger partial charge in [0.1, 0.15) is 30.6 Å². The van der Waals surface area contributed by atoms with Crippen LogP contribution in [0.25, 0.3) is 0 Å². The molecule has 2 aliphatic rings. The van der Waals surface area contributed by atoms with Gasteiger partial charge in [0.25, 0.3) is 0 Å². The molecule has 3 aromatic carbocycles. The van der Waals surface area contributed by atoms with Crippen LogP contribution in [-0.2, 0) is 33.8 Å². The molecule has 8 heteroatoms. The Balaban J connectivity index is 1.29. The molecule has 0 aliphatic carbocycles. The van der Waals surface area contributed by atoms with Gasteiger partial charge in [-0.1, -0.05) is 30.3 Å². The highest BCUT2D eigenvalue weighted by Gasteiger charge is 2.39. The molecular formula is C33H37NO7. The smallest absolute Gasteiger partial charge is 0.411 e. The second-order valence-corrected chi connectivity index (χ2v) is 11.6. The number of methoxy groups -OCH3 is 1. The number of carbonyl (C=O) groups excluding carboxylic acids is 2. The van der Waals surface area contributed by atoms with E-state index in [4.69, 9.17) is 23.7 Å². The molecule has 3 aromatic rings. The highest BCUT2D eigenvalue weighted by atomic mass is 16.6. The average molecular weight is 560 g/mol. The molecule has 5 rings (SSSR count). The average Bonchev–Trinajstić information content (AvgIpc) is 2.94. The number of hydrogen-bond acceptors (Lipinski definition) is 7.